The molecular formula is C14H22N6. The van der Waals surface area contributed by atoms with Crippen molar-refractivity contribution in [2.24, 2.45) is 7.05 Å². The molecule has 108 valence electrons. The van der Waals surface area contributed by atoms with Gasteiger partial charge in [-0.15, -0.1) is 0 Å². The lowest BCUT2D eigenvalue weighted by Gasteiger charge is -2.11. The molecule has 2 aromatic rings. The maximum Gasteiger partial charge on any atom is 0.135 e. The molecule has 0 fully saturated rings. The van der Waals surface area contributed by atoms with Crippen LogP contribution in [0.1, 0.15) is 38.1 Å². The third kappa shape index (κ3) is 3.69. The fourth-order valence-corrected chi connectivity index (χ4v) is 1.84. The molecule has 0 atom stereocenters. The smallest absolute Gasteiger partial charge is 0.135 e. The number of aromatic nitrogens is 4. The Morgan fingerprint density at radius 2 is 1.90 bits per heavy atom. The van der Waals surface area contributed by atoms with Crippen LogP contribution in [0.5, 0.6) is 0 Å². The first-order valence-electron chi connectivity index (χ1n) is 6.92. The molecule has 0 aliphatic rings. The van der Waals surface area contributed by atoms with Gasteiger partial charge in [-0.1, -0.05) is 13.8 Å². The number of anilines is 2. The van der Waals surface area contributed by atoms with Crippen LogP contribution in [0.15, 0.2) is 18.5 Å². The van der Waals surface area contributed by atoms with E-state index >= 15 is 0 Å². The minimum atomic E-state index is 0.299. The minimum absolute atomic E-state index is 0.299. The molecule has 0 saturated heterocycles. The normalized spacial score (nSPS) is 10.8. The lowest BCUT2D eigenvalue weighted by atomic mass is 10.2. The Morgan fingerprint density at radius 1 is 1.20 bits per heavy atom. The molecule has 2 heterocycles. The van der Waals surface area contributed by atoms with E-state index in [-0.39, 0.29) is 0 Å². The predicted molar refractivity (Wildman–Crippen MR) is 80.8 cm³/mol. The summed E-state index contributed by atoms with van der Waals surface area (Å²) in [6, 6.07) is 1.94. The van der Waals surface area contributed by atoms with Crippen LogP contribution in [0.25, 0.3) is 0 Å². The van der Waals surface area contributed by atoms with Crippen molar-refractivity contribution in [2.45, 2.75) is 33.2 Å². The molecule has 0 radical (unpaired) electrons. The number of aryl methyl sites for hydroxylation is 1. The number of nitrogens with one attached hydrogen (secondary N) is 2. The van der Waals surface area contributed by atoms with Crippen LogP contribution in [0.4, 0.5) is 11.6 Å². The lowest BCUT2D eigenvalue weighted by molar-refractivity contribution is 0.766. The van der Waals surface area contributed by atoms with E-state index in [4.69, 9.17) is 0 Å². The zero-order valence-electron chi connectivity index (χ0n) is 12.5. The average molecular weight is 274 g/mol. The SMILES string of the molecule is CCNc1cc(NCc2cnn(C)c2)nc(C(C)C)n1. The van der Waals surface area contributed by atoms with Crippen LogP contribution >= 0.6 is 0 Å². The fraction of sp³-hybridized carbons (Fsp3) is 0.500. The standard InChI is InChI=1S/C14H22N6/c1-5-15-12-6-13(19-14(18-12)10(2)3)16-7-11-8-17-20(4)9-11/h6,8-10H,5,7H2,1-4H3,(H2,15,16,18,19). The Balaban J connectivity index is 2.13. The van der Waals surface area contributed by atoms with Gasteiger partial charge in [-0.05, 0) is 6.92 Å². The van der Waals surface area contributed by atoms with E-state index in [1.54, 1.807) is 4.68 Å². The number of rotatable bonds is 6. The Labute approximate surface area is 119 Å². The van der Waals surface area contributed by atoms with Crippen molar-refractivity contribution in [1.82, 2.24) is 19.7 Å². The van der Waals surface area contributed by atoms with Gasteiger partial charge in [0, 0.05) is 43.9 Å². The average Bonchev–Trinajstić information content (AvgIpc) is 2.82. The topological polar surface area (TPSA) is 67.7 Å². The Morgan fingerprint density at radius 3 is 2.45 bits per heavy atom. The molecule has 0 amide bonds. The van der Waals surface area contributed by atoms with Gasteiger partial charge >= 0.3 is 0 Å². The van der Waals surface area contributed by atoms with Crippen LogP contribution in [0, 0.1) is 0 Å². The number of hydrogen-bond acceptors (Lipinski definition) is 5. The van der Waals surface area contributed by atoms with E-state index in [0.29, 0.717) is 12.5 Å². The second kappa shape index (κ2) is 6.36. The van der Waals surface area contributed by atoms with Crippen LogP contribution in [0.2, 0.25) is 0 Å². The molecule has 0 bridgehead atoms. The second-order valence-corrected chi connectivity index (χ2v) is 5.06. The zero-order chi connectivity index (χ0) is 14.5. The molecule has 20 heavy (non-hydrogen) atoms. The molecular weight excluding hydrogens is 252 g/mol. The molecule has 2 N–H and O–H groups in total. The van der Waals surface area contributed by atoms with E-state index in [9.17, 15) is 0 Å². The Kier molecular flexibility index (Phi) is 4.55. The highest BCUT2D eigenvalue weighted by Crippen LogP contribution is 2.17. The van der Waals surface area contributed by atoms with E-state index in [2.05, 4.69) is 46.5 Å². The maximum absolute atomic E-state index is 4.55. The summed E-state index contributed by atoms with van der Waals surface area (Å²) < 4.78 is 1.79. The van der Waals surface area contributed by atoms with Crippen molar-refractivity contribution in [1.29, 1.82) is 0 Å². The van der Waals surface area contributed by atoms with Gasteiger partial charge in [0.15, 0.2) is 0 Å². The molecule has 6 nitrogen and oxygen atoms in total. The molecule has 0 aliphatic carbocycles. The van der Waals surface area contributed by atoms with E-state index < -0.39 is 0 Å². The summed E-state index contributed by atoms with van der Waals surface area (Å²) in [7, 11) is 1.91. The molecule has 0 aliphatic heterocycles. The first-order chi connectivity index (χ1) is 9.58. The molecule has 2 aromatic heterocycles. The van der Waals surface area contributed by atoms with E-state index in [1.807, 2.05) is 25.5 Å². The molecule has 0 aromatic carbocycles. The van der Waals surface area contributed by atoms with Gasteiger partial charge in [0.05, 0.1) is 6.20 Å². The number of hydrogen-bond donors (Lipinski definition) is 2. The van der Waals surface area contributed by atoms with Crippen molar-refractivity contribution < 1.29 is 0 Å². The summed E-state index contributed by atoms with van der Waals surface area (Å²) in [6.45, 7) is 7.79. The molecule has 0 saturated carbocycles. The molecule has 0 spiro atoms. The quantitative estimate of drug-likeness (QED) is 0.846. The molecule has 2 rings (SSSR count). The third-order valence-corrected chi connectivity index (χ3v) is 2.85. The summed E-state index contributed by atoms with van der Waals surface area (Å²) in [6.07, 6.45) is 3.84. The maximum atomic E-state index is 4.55. The van der Waals surface area contributed by atoms with Crippen LogP contribution in [0.3, 0.4) is 0 Å². The van der Waals surface area contributed by atoms with Crippen LogP contribution < -0.4 is 10.6 Å². The highest BCUT2D eigenvalue weighted by molar-refractivity contribution is 5.48. The van der Waals surface area contributed by atoms with Crippen LogP contribution in [-0.4, -0.2) is 26.3 Å². The first-order valence-corrected chi connectivity index (χ1v) is 6.92. The summed E-state index contributed by atoms with van der Waals surface area (Å²) in [5.41, 5.74) is 1.13. The van der Waals surface area contributed by atoms with Gasteiger partial charge in [-0.3, -0.25) is 4.68 Å². The highest BCUT2D eigenvalue weighted by atomic mass is 15.2. The van der Waals surface area contributed by atoms with Crippen molar-refractivity contribution in [2.75, 3.05) is 17.2 Å². The Bertz CT molecular complexity index is 561. The minimum Gasteiger partial charge on any atom is -0.370 e. The predicted octanol–water partition coefficient (Wildman–Crippen LogP) is 2.38. The summed E-state index contributed by atoms with van der Waals surface area (Å²) >= 11 is 0. The van der Waals surface area contributed by atoms with Gasteiger partial charge in [-0.25, -0.2) is 9.97 Å². The van der Waals surface area contributed by atoms with E-state index in [0.717, 1.165) is 29.6 Å². The van der Waals surface area contributed by atoms with E-state index in [1.165, 1.54) is 0 Å². The lowest BCUT2D eigenvalue weighted by Crippen LogP contribution is -2.08. The zero-order valence-corrected chi connectivity index (χ0v) is 12.5. The summed E-state index contributed by atoms with van der Waals surface area (Å²) in [5.74, 6) is 2.84. The largest absolute Gasteiger partial charge is 0.370 e. The van der Waals surface area contributed by atoms with Crippen molar-refractivity contribution in [3.8, 4) is 0 Å². The Hall–Kier alpha value is -2.11. The third-order valence-electron chi connectivity index (χ3n) is 2.85. The second-order valence-electron chi connectivity index (χ2n) is 5.06. The molecule has 6 heteroatoms. The fourth-order valence-electron chi connectivity index (χ4n) is 1.84. The summed E-state index contributed by atoms with van der Waals surface area (Å²) in [4.78, 5) is 9.05. The highest BCUT2D eigenvalue weighted by Gasteiger charge is 2.08. The van der Waals surface area contributed by atoms with Gasteiger partial charge in [0.2, 0.25) is 0 Å². The van der Waals surface area contributed by atoms with Gasteiger partial charge in [0.25, 0.3) is 0 Å². The van der Waals surface area contributed by atoms with Crippen molar-refractivity contribution in [3.05, 3.63) is 29.8 Å². The van der Waals surface area contributed by atoms with Crippen molar-refractivity contribution >= 4 is 11.6 Å². The van der Waals surface area contributed by atoms with Gasteiger partial charge < -0.3 is 10.6 Å². The van der Waals surface area contributed by atoms with Gasteiger partial charge in [-0.2, -0.15) is 5.10 Å². The molecule has 0 unspecified atom stereocenters. The first kappa shape index (κ1) is 14.3. The van der Waals surface area contributed by atoms with Crippen molar-refractivity contribution in [3.63, 3.8) is 0 Å². The monoisotopic (exact) mass is 274 g/mol. The summed E-state index contributed by atoms with van der Waals surface area (Å²) in [5, 5.41) is 10.7. The van der Waals surface area contributed by atoms with Gasteiger partial charge in [0.1, 0.15) is 17.5 Å². The number of nitrogens with zero attached hydrogens (tertiary/aromatic N) is 4. The van der Waals surface area contributed by atoms with Crippen LogP contribution in [-0.2, 0) is 13.6 Å².